The molecule has 1 aliphatic rings. The average molecular weight is 248 g/mol. The third-order valence-corrected chi connectivity index (χ3v) is 3.31. The summed E-state index contributed by atoms with van der Waals surface area (Å²) >= 11 is 5.58. The van der Waals surface area contributed by atoms with Crippen molar-refractivity contribution in [1.82, 2.24) is 5.32 Å². The van der Waals surface area contributed by atoms with Crippen molar-refractivity contribution in [2.24, 2.45) is 0 Å². The molecule has 0 aromatic carbocycles. The lowest BCUT2D eigenvalue weighted by atomic mass is 10.0. The Morgan fingerprint density at radius 1 is 1.38 bits per heavy atom. The summed E-state index contributed by atoms with van der Waals surface area (Å²) in [6.07, 6.45) is 6.19. The quantitative estimate of drug-likeness (QED) is 0.555. The molecule has 0 radical (unpaired) electrons. The van der Waals surface area contributed by atoms with Crippen molar-refractivity contribution < 1.29 is 9.53 Å². The predicted molar refractivity (Wildman–Crippen MR) is 65.8 cm³/mol. The highest BCUT2D eigenvalue weighted by molar-refractivity contribution is 6.17. The van der Waals surface area contributed by atoms with Gasteiger partial charge in [-0.3, -0.25) is 4.79 Å². The van der Waals surface area contributed by atoms with Gasteiger partial charge in [-0.2, -0.15) is 0 Å². The second-order valence-electron chi connectivity index (χ2n) is 4.54. The second kappa shape index (κ2) is 7.13. The van der Waals surface area contributed by atoms with Crippen LogP contribution in [0.2, 0.25) is 0 Å². The highest BCUT2D eigenvalue weighted by atomic mass is 35.5. The van der Waals surface area contributed by atoms with Crippen LogP contribution in [0, 0.1) is 0 Å². The Bertz CT molecular complexity index is 215. The minimum Gasteiger partial charge on any atom is -0.365 e. The van der Waals surface area contributed by atoms with Crippen LogP contribution < -0.4 is 5.32 Å². The maximum absolute atomic E-state index is 11.8. The molecule has 0 aromatic heterocycles. The van der Waals surface area contributed by atoms with Gasteiger partial charge in [-0.1, -0.05) is 12.8 Å². The molecule has 1 unspecified atom stereocenters. The van der Waals surface area contributed by atoms with E-state index in [4.69, 9.17) is 16.3 Å². The first-order chi connectivity index (χ1) is 7.69. The highest BCUT2D eigenvalue weighted by Crippen LogP contribution is 2.24. The van der Waals surface area contributed by atoms with Crippen LogP contribution >= 0.6 is 11.6 Å². The minimum absolute atomic E-state index is 0.0438. The maximum Gasteiger partial charge on any atom is 0.251 e. The Labute approximate surface area is 103 Å². The molecule has 1 saturated heterocycles. The Balaban J connectivity index is 2.06. The third-order valence-electron chi connectivity index (χ3n) is 3.05. The molecule has 4 heteroatoms. The third kappa shape index (κ3) is 4.30. The molecule has 0 saturated carbocycles. The number of carbonyl (C=O) groups excluding carboxylic acids is 1. The fourth-order valence-corrected chi connectivity index (χ4v) is 2.11. The van der Waals surface area contributed by atoms with E-state index < -0.39 is 5.60 Å². The lowest BCUT2D eigenvalue weighted by Crippen LogP contribution is -2.44. The zero-order chi connectivity index (χ0) is 11.9. The number of halogens is 1. The lowest BCUT2D eigenvalue weighted by molar-refractivity contribution is -0.139. The van der Waals surface area contributed by atoms with Crippen LogP contribution in [0.15, 0.2) is 0 Å². The van der Waals surface area contributed by atoms with Gasteiger partial charge in [0.05, 0.1) is 0 Å². The van der Waals surface area contributed by atoms with Crippen molar-refractivity contribution in [2.75, 3.05) is 19.0 Å². The van der Waals surface area contributed by atoms with Crippen LogP contribution in [0.4, 0.5) is 0 Å². The summed E-state index contributed by atoms with van der Waals surface area (Å²) in [6, 6.07) is 0. The van der Waals surface area contributed by atoms with E-state index in [1.807, 2.05) is 6.92 Å². The van der Waals surface area contributed by atoms with Gasteiger partial charge < -0.3 is 10.1 Å². The number of carbonyl (C=O) groups is 1. The maximum atomic E-state index is 11.8. The molecule has 1 amide bonds. The average Bonchev–Trinajstić information content (AvgIpc) is 2.71. The van der Waals surface area contributed by atoms with Gasteiger partial charge in [0.1, 0.15) is 5.60 Å². The monoisotopic (exact) mass is 247 g/mol. The number of amides is 1. The van der Waals surface area contributed by atoms with E-state index in [2.05, 4.69) is 5.32 Å². The molecule has 94 valence electrons. The molecular weight excluding hydrogens is 226 g/mol. The van der Waals surface area contributed by atoms with Crippen molar-refractivity contribution >= 4 is 17.5 Å². The summed E-state index contributed by atoms with van der Waals surface area (Å²) in [5.41, 5.74) is -0.573. The molecule has 1 aliphatic heterocycles. The minimum atomic E-state index is -0.573. The Morgan fingerprint density at radius 2 is 2.12 bits per heavy atom. The van der Waals surface area contributed by atoms with Gasteiger partial charge in [0.15, 0.2) is 0 Å². The number of hydrogen-bond donors (Lipinski definition) is 1. The zero-order valence-electron chi connectivity index (χ0n) is 10.1. The van der Waals surface area contributed by atoms with Crippen LogP contribution in [-0.2, 0) is 9.53 Å². The van der Waals surface area contributed by atoms with Crippen molar-refractivity contribution in [1.29, 1.82) is 0 Å². The standard InChI is InChI=1S/C12H22ClNO2/c1-12(7-6-10-16-12)11(15)14-9-5-3-2-4-8-13/h2-10H2,1H3,(H,14,15). The first kappa shape index (κ1) is 13.8. The number of hydrogen-bond acceptors (Lipinski definition) is 2. The Morgan fingerprint density at radius 3 is 2.75 bits per heavy atom. The van der Waals surface area contributed by atoms with Crippen LogP contribution in [0.3, 0.4) is 0 Å². The molecule has 1 fully saturated rings. The number of unbranched alkanes of at least 4 members (excludes halogenated alkanes) is 3. The SMILES string of the molecule is CC1(C(=O)NCCCCCCCl)CCCO1. The number of alkyl halides is 1. The van der Waals surface area contributed by atoms with Crippen LogP contribution in [0.5, 0.6) is 0 Å². The summed E-state index contributed by atoms with van der Waals surface area (Å²) < 4.78 is 5.47. The molecule has 0 aliphatic carbocycles. The number of rotatable bonds is 7. The topological polar surface area (TPSA) is 38.3 Å². The summed E-state index contributed by atoms with van der Waals surface area (Å²) in [7, 11) is 0. The van der Waals surface area contributed by atoms with E-state index in [-0.39, 0.29) is 5.91 Å². The van der Waals surface area contributed by atoms with Gasteiger partial charge in [0.25, 0.3) is 5.91 Å². The molecule has 1 N–H and O–H groups in total. The van der Waals surface area contributed by atoms with Crippen molar-refractivity contribution in [3.63, 3.8) is 0 Å². The van der Waals surface area contributed by atoms with Gasteiger partial charge in [-0.15, -0.1) is 11.6 Å². The van der Waals surface area contributed by atoms with Gasteiger partial charge in [0, 0.05) is 19.0 Å². The largest absolute Gasteiger partial charge is 0.365 e. The molecular formula is C12H22ClNO2. The van der Waals surface area contributed by atoms with Gasteiger partial charge in [0.2, 0.25) is 0 Å². The molecule has 0 bridgehead atoms. The fraction of sp³-hybridized carbons (Fsp3) is 0.917. The van der Waals surface area contributed by atoms with Gasteiger partial charge in [-0.05, 0) is 32.6 Å². The van der Waals surface area contributed by atoms with Crippen LogP contribution in [0.1, 0.15) is 45.4 Å². The van der Waals surface area contributed by atoms with E-state index in [1.165, 1.54) is 0 Å². The van der Waals surface area contributed by atoms with E-state index in [1.54, 1.807) is 0 Å². The molecule has 1 atom stereocenters. The van der Waals surface area contributed by atoms with Crippen molar-refractivity contribution in [3.8, 4) is 0 Å². The predicted octanol–water partition coefficient (Wildman–Crippen LogP) is 2.47. The fourth-order valence-electron chi connectivity index (χ4n) is 1.92. The molecule has 16 heavy (non-hydrogen) atoms. The van der Waals surface area contributed by atoms with Crippen LogP contribution in [-0.4, -0.2) is 30.5 Å². The van der Waals surface area contributed by atoms with E-state index >= 15 is 0 Å². The van der Waals surface area contributed by atoms with E-state index in [0.29, 0.717) is 6.61 Å². The Kier molecular flexibility index (Phi) is 6.14. The van der Waals surface area contributed by atoms with Crippen LogP contribution in [0.25, 0.3) is 0 Å². The lowest BCUT2D eigenvalue weighted by Gasteiger charge is -2.21. The molecule has 1 heterocycles. The van der Waals surface area contributed by atoms with E-state index in [0.717, 1.165) is 50.9 Å². The smallest absolute Gasteiger partial charge is 0.251 e. The molecule has 1 rings (SSSR count). The number of ether oxygens (including phenoxy) is 1. The van der Waals surface area contributed by atoms with E-state index in [9.17, 15) is 4.79 Å². The van der Waals surface area contributed by atoms with Crippen molar-refractivity contribution in [2.45, 2.75) is 51.0 Å². The zero-order valence-corrected chi connectivity index (χ0v) is 10.8. The first-order valence-corrected chi connectivity index (χ1v) is 6.71. The highest BCUT2D eigenvalue weighted by Gasteiger charge is 2.37. The molecule has 3 nitrogen and oxygen atoms in total. The summed E-state index contributed by atoms with van der Waals surface area (Å²) in [6.45, 7) is 3.34. The van der Waals surface area contributed by atoms with Crippen molar-refractivity contribution in [3.05, 3.63) is 0 Å². The molecule has 0 aromatic rings. The molecule has 0 spiro atoms. The first-order valence-electron chi connectivity index (χ1n) is 6.17. The summed E-state index contributed by atoms with van der Waals surface area (Å²) in [4.78, 5) is 11.8. The summed E-state index contributed by atoms with van der Waals surface area (Å²) in [5.74, 6) is 0.778. The van der Waals surface area contributed by atoms with Gasteiger partial charge in [-0.25, -0.2) is 0 Å². The summed E-state index contributed by atoms with van der Waals surface area (Å²) in [5, 5.41) is 2.95. The Hall–Kier alpha value is -0.280. The normalized spacial score (nSPS) is 24.6. The second-order valence-corrected chi connectivity index (χ2v) is 4.92. The number of nitrogens with one attached hydrogen (secondary N) is 1. The van der Waals surface area contributed by atoms with Gasteiger partial charge >= 0.3 is 0 Å².